The van der Waals surface area contributed by atoms with E-state index in [9.17, 15) is 26.7 Å². The molecule has 10 heteroatoms. The van der Waals surface area contributed by atoms with Gasteiger partial charge in [0.05, 0.1) is 0 Å². The molecule has 0 fully saturated rings. The molecule has 0 aromatic carbocycles. The van der Waals surface area contributed by atoms with Crippen LogP contribution in [0.15, 0.2) is 6.07 Å². The number of nitrogens with zero attached hydrogens (tertiary/aromatic N) is 1. The molecular formula is C8H4F5NO4. The monoisotopic (exact) mass is 273 g/mol. The third-order valence-electron chi connectivity index (χ3n) is 1.63. The number of aromatic nitrogens is 1. The highest BCUT2D eigenvalue weighted by atomic mass is 19.4. The number of rotatable bonds is 3. The molecule has 0 amide bonds. The van der Waals surface area contributed by atoms with E-state index < -0.39 is 41.6 Å². The van der Waals surface area contributed by atoms with Crippen molar-refractivity contribution in [3.8, 4) is 11.5 Å². The number of pyridine rings is 1. The van der Waals surface area contributed by atoms with E-state index in [2.05, 4.69) is 9.72 Å². The van der Waals surface area contributed by atoms with Gasteiger partial charge in [-0.1, -0.05) is 0 Å². The van der Waals surface area contributed by atoms with Gasteiger partial charge in [-0.2, -0.15) is 0 Å². The molecule has 1 rings (SSSR count). The summed E-state index contributed by atoms with van der Waals surface area (Å²) in [7, 11) is 0. The Hall–Kier alpha value is -2.13. The summed E-state index contributed by atoms with van der Waals surface area (Å²) in [6.45, 7) is 0. The van der Waals surface area contributed by atoms with Crippen LogP contribution in [-0.4, -0.2) is 27.5 Å². The van der Waals surface area contributed by atoms with Crippen molar-refractivity contribution in [2.75, 3.05) is 0 Å². The molecule has 2 N–H and O–H groups in total. The number of halogens is 5. The number of hydrogen-bond acceptors (Lipinski definition) is 4. The van der Waals surface area contributed by atoms with Crippen LogP contribution in [0.5, 0.6) is 11.5 Å². The number of carboxylic acids is 1. The Labute approximate surface area is 95.4 Å². The second-order valence-corrected chi connectivity index (χ2v) is 2.89. The molecule has 0 radical (unpaired) electrons. The van der Waals surface area contributed by atoms with Gasteiger partial charge in [0.2, 0.25) is 0 Å². The van der Waals surface area contributed by atoms with Gasteiger partial charge in [0.15, 0.2) is 17.2 Å². The Kier molecular flexibility index (Phi) is 3.58. The number of aromatic carboxylic acids is 1. The van der Waals surface area contributed by atoms with Gasteiger partial charge in [-0.15, -0.1) is 13.2 Å². The van der Waals surface area contributed by atoms with E-state index in [1.165, 1.54) is 0 Å². The maximum absolute atomic E-state index is 12.4. The molecule has 1 heterocycles. The maximum Gasteiger partial charge on any atom is 0.573 e. The quantitative estimate of drug-likeness (QED) is 0.826. The lowest BCUT2D eigenvalue weighted by Gasteiger charge is -2.13. The summed E-state index contributed by atoms with van der Waals surface area (Å²) in [5.74, 6) is -4.54. The first-order valence-corrected chi connectivity index (χ1v) is 4.13. The largest absolute Gasteiger partial charge is 0.573 e. The SMILES string of the molecule is O=C(O)c1nc(C(F)F)c(OC(F)(F)F)cc1O. The Bertz CT molecular complexity index is 473. The molecule has 0 saturated carbocycles. The van der Waals surface area contributed by atoms with E-state index in [1.54, 1.807) is 0 Å². The van der Waals surface area contributed by atoms with Crippen LogP contribution in [0, 0.1) is 0 Å². The topological polar surface area (TPSA) is 79.7 Å². The maximum atomic E-state index is 12.4. The second-order valence-electron chi connectivity index (χ2n) is 2.89. The lowest BCUT2D eigenvalue weighted by molar-refractivity contribution is -0.275. The van der Waals surface area contributed by atoms with Gasteiger partial charge in [-0.3, -0.25) is 0 Å². The van der Waals surface area contributed by atoms with Crippen LogP contribution < -0.4 is 4.74 Å². The fourth-order valence-electron chi connectivity index (χ4n) is 1.02. The highest BCUT2D eigenvalue weighted by Crippen LogP contribution is 2.35. The van der Waals surface area contributed by atoms with Crippen LogP contribution in [0.25, 0.3) is 0 Å². The lowest BCUT2D eigenvalue weighted by atomic mass is 10.2. The fraction of sp³-hybridized carbons (Fsp3) is 0.250. The molecule has 1 aromatic rings. The highest BCUT2D eigenvalue weighted by molar-refractivity contribution is 5.88. The molecule has 0 bridgehead atoms. The lowest BCUT2D eigenvalue weighted by Crippen LogP contribution is -2.19. The van der Waals surface area contributed by atoms with E-state index >= 15 is 0 Å². The van der Waals surface area contributed by atoms with Crippen molar-refractivity contribution < 1.29 is 41.7 Å². The molecule has 0 aliphatic heterocycles. The fourth-order valence-corrected chi connectivity index (χ4v) is 1.02. The normalized spacial score (nSPS) is 11.7. The van der Waals surface area contributed by atoms with Crippen molar-refractivity contribution in [1.82, 2.24) is 4.98 Å². The molecule has 0 unspecified atom stereocenters. The molecule has 18 heavy (non-hydrogen) atoms. The third kappa shape index (κ3) is 3.18. The summed E-state index contributed by atoms with van der Waals surface area (Å²) < 4.78 is 63.6. The average molecular weight is 273 g/mol. The molecule has 5 nitrogen and oxygen atoms in total. The first kappa shape index (κ1) is 13.9. The van der Waals surface area contributed by atoms with Gasteiger partial charge in [0.25, 0.3) is 6.43 Å². The minimum absolute atomic E-state index is 0.117. The predicted octanol–water partition coefficient (Wildman–Crippen LogP) is 2.32. The standard InChI is InChI=1S/C8H4F5NO4/c9-6(10)5-3(18-8(11,12)13)1-2(15)4(14-5)7(16)17/h1,6,15H,(H,16,17). The highest BCUT2D eigenvalue weighted by Gasteiger charge is 2.35. The van der Waals surface area contributed by atoms with Crippen molar-refractivity contribution in [3.63, 3.8) is 0 Å². The zero-order valence-corrected chi connectivity index (χ0v) is 8.20. The van der Waals surface area contributed by atoms with Gasteiger partial charge in [-0.25, -0.2) is 18.6 Å². The van der Waals surface area contributed by atoms with E-state index in [-0.39, 0.29) is 6.07 Å². The molecule has 0 spiro atoms. The first-order valence-electron chi connectivity index (χ1n) is 4.13. The summed E-state index contributed by atoms with van der Waals surface area (Å²) in [6.07, 6.45) is -8.77. The molecule has 0 atom stereocenters. The van der Waals surface area contributed by atoms with Crippen molar-refractivity contribution >= 4 is 5.97 Å². The third-order valence-corrected chi connectivity index (χ3v) is 1.63. The van der Waals surface area contributed by atoms with Crippen molar-refractivity contribution in [2.45, 2.75) is 12.8 Å². The first-order chi connectivity index (χ1) is 8.11. The molecule has 0 saturated heterocycles. The van der Waals surface area contributed by atoms with Crippen LogP contribution in [0.4, 0.5) is 22.0 Å². The summed E-state index contributed by atoms with van der Waals surface area (Å²) in [4.78, 5) is 13.2. The number of carbonyl (C=O) groups is 1. The number of alkyl halides is 5. The van der Waals surface area contributed by atoms with Gasteiger partial charge >= 0.3 is 12.3 Å². The number of carboxylic acid groups (broad SMARTS) is 1. The minimum atomic E-state index is -5.28. The zero-order chi connectivity index (χ0) is 14.1. The van der Waals surface area contributed by atoms with E-state index in [0.717, 1.165) is 0 Å². The average Bonchev–Trinajstić information content (AvgIpc) is 2.13. The minimum Gasteiger partial charge on any atom is -0.505 e. The number of hydrogen-bond donors (Lipinski definition) is 2. The van der Waals surface area contributed by atoms with Gasteiger partial charge in [-0.05, 0) is 0 Å². The molecule has 0 aliphatic rings. The summed E-state index contributed by atoms with van der Waals surface area (Å²) in [5, 5.41) is 17.5. The zero-order valence-electron chi connectivity index (χ0n) is 8.20. The van der Waals surface area contributed by atoms with Crippen molar-refractivity contribution in [1.29, 1.82) is 0 Å². The summed E-state index contributed by atoms with van der Waals surface area (Å²) in [5.41, 5.74) is -2.72. The van der Waals surface area contributed by atoms with Crippen molar-refractivity contribution in [3.05, 3.63) is 17.5 Å². The summed E-state index contributed by atoms with van der Waals surface area (Å²) >= 11 is 0. The Morgan fingerprint density at radius 2 is 1.94 bits per heavy atom. The summed E-state index contributed by atoms with van der Waals surface area (Å²) in [6, 6.07) is 0.117. The van der Waals surface area contributed by atoms with Crippen LogP contribution >= 0.6 is 0 Å². The smallest absolute Gasteiger partial charge is 0.505 e. The number of aromatic hydroxyl groups is 1. The molecular weight excluding hydrogens is 269 g/mol. The predicted molar refractivity (Wildman–Crippen MR) is 44.5 cm³/mol. The Morgan fingerprint density at radius 1 is 1.39 bits per heavy atom. The van der Waals surface area contributed by atoms with Crippen LogP contribution in [0.1, 0.15) is 22.6 Å². The van der Waals surface area contributed by atoms with Crippen LogP contribution in [0.3, 0.4) is 0 Å². The Balaban J connectivity index is 3.34. The van der Waals surface area contributed by atoms with E-state index in [1.807, 2.05) is 0 Å². The van der Waals surface area contributed by atoms with Gasteiger partial charge in [0, 0.05) is 6.07 Å². The van der Waals surface area contributed by atoms with E-state index in [4.69, 9.17) is 10.2 Å². The second kappa shape index (κ2) is 4.63. The number of ether oxygens (including phenoxy) is 1. The van der Waals surface area contributed by atoms with E-state index in [0.29, 0.717) is 0 Å². The van der Waals surface area contributed by atoms with Crippen LogP contribution in [0.2, 0.25) is 0 Å². The molecule has 0 aliphatic carbocycles. The van der Waals surface area contributed by atoms with Crippen LogP contribution in [-0.2, 0) is 0 Å². The van der Waals surface area contributed by atoms with Gasteiger partial charge in [0.1, 0.15) is 5.69 Å². The van der Waals surface area contributed by atoms with Gasteiger partial charge < -0.3 is 14.9 Å². The molecule has 1 aromatic heterocycles. The Morgan fingerprint density at radius 3 is 2.33 bits per heavy atom. The van der Waals surface area contributed by atoms with Crippen molar-refractivity contribution in [2.24, 2.45) is 0 Å². The molecule has 100 valence electrons.